The molecule has 1 aromatic rings. The molecule has 1 saturated carbocycles. The van der Waals surface area contributed by atoms with Crippen molar-refractivity contribution < 1.29 is 9.59 Å². The first-order valence-electron chi connectivity index (χ1n) is 7.13. The van der Waals surface area contributed by atoms with Gasteiger partial charge >= 0.3 is 0 Å². The quantitative estimate of drug-likeness (QED) is 0.716. The maximum Gasteiger partial charge on any atom is 0.255 e. The Bertz CT molecular complexity index is 584. The molecule has 1 aliphatic heterocycles. The molecular weight excluding hydrogens is 417 g/mol. The summed E-state index contributed by atoms with van der Waals surface area (Å²) in [5.41, 5.74) is 6.08. The van der Waals surface area contributed by atoms with E-state index in [1.165, 1.54) is 0 Å². The monoisotopic (exact) mass is 435 g/mol. The smallest absolute Gasteiger partial charge is 0.255 e. The molecule has 2 aliphatic rings. The lowest BCUT2D eigenvalue weighted by atomic mass is 10.1. The highest BCUT2D eigenvalue weighted by Gasteiger charge is 2.48. The molecule has 1 heterocycles. The number of carbonyl (C=O) groups excluding carboxylic acids is 2. The summed E-state index contributed by atoms with van der Waals surface area (Å²) in [6.45, 7) is 2.30. The number of amides is 2. The predicted molar refractivity (Wildman–Crippen MR) is 95.0 cm³/mol. The average Bonchev–Trinajstić information content (AvgIpc) is 3.26. The molecule has 2 N–H and O–H groups in total. The van der Waals surface area contributed by atoms with Crippen LogP contribution in [0.1, 0.15) is 23.2 Å². The largest absolute Gasteiger partial charge is 0.338 e. The molecule has 1 aliphatic carbocycles. The molecule has 0 bridgehead atoms. The number of nitrogens with zero attached hydrogens (tertiary/aromatic N) is 2. The third kappa shape index (κ3) is 3.38. The molecule has 0 spiro atoms. The molecule has 7 heteroatoms. The minimum Gasteiger partial charge on any atom is -0.338 e. The standard InChI is InChI=1S/C15H18IN3O2.ClH/c16-12-4-2-1-3-11(12)13(20)18-7-9-19(10-8-18)14(21)15(17)5-6-15;/h1-4H,5-10,17H2;1H. The third-order valence-corrected chi connectivity index (χ3v) is 5.11. The van der Waals surface area contributed by atoms with E-state index in [0.717, 1.165) is 22.0 Å². The van der Waals surface area contributed by atoms with E-state index in [0.29, 0.717) is 26.2 Å². The lowest BCUT2D eigenvalue weighted by Crippen LogP contribution is -2.55. The maximum atomic E-state index is 12.5. The molecule has 0 aromatic heterocycles. The zero-order chi connectivity index (χ0) is 15.0. The van der Waals surface area contributed by atoms with Crippen molar-refractivity contribution in [1.82, 2.24) is 9.80 Å². The Morgan fingerprint density at radius 3 is 2.14 bits per heavy atom. The van der Waals surface area contributed by atoms with Crippen molar-refractivity contribution in [3.8, 4) is 0 Å². The Morgan fingerprint density at radius 2 is 1.59 bits per heavy atom. The molecule has 5 nitrogen and oxygen atoms in total. The van der Waals surface area contributed by atoms with Crippen molar-refractivity contribution >= 4 is 46.8 Å². The van der Waals surface area contributed by atoms with Gasteiger partial charge in [0.15, 0.2) is 0 Å². The second-order valence-electron chi connectivity index (χ2n) is 5.72. The predicted octanol–water partition coefficient (Wildman–Crippen LogP) is 1.49. The Kier molecular flexibility index (Phi) is 5.34. The van der Waals surface area contributed by atoms with E-state index in [1.54, 1.807) is 4.90 Å². The van der Waals surface area contributed by atoms with Gasteiger partial charge < -0.3 is 15.5 Å². The molecule has 22 heavy (non-hydrogen) atoms. The number of carbonyl (C=O) groups is 2. The van der Waals surface area contributed by atoms with Gasteiger partial charge in [-0.3, -0.25) is 9.59 Å². The van der Waals surface area contributed by atoms with Gasteiger partial charge in [0.25, 0.3) is 5.91 Å². The highest BCUT2D eigenvalue weighted by molar-refractivity contribution is 14.1. The molecule has 3 rings (SSSR count). The van der Waals surface area contributed by atoms with Crippen LogP contribution in [0.25, 0.3) is 0 Å². The van der Waals surface area contributed by atoms with E-state index in [-0.39, 0.29) is 24.2 Å². The van der Waals surface area contributed by atoms with Crippen molar-refractivity contribution in [2.45, 2.75) is 18.4 Å². The Hall–Kier alpha value is -0.860. The molecule has 0 unspecified atom stereocenters. The van der Waals surface area contributed by atoms with E-state index in [1.807, 2.05) is 29.2 Å². The van der Waals surface area contributed by atoms with E-state index in [4.69, 9.17) is 5.73 Å². The first-order valence-corrected chi connectivity index (χ1v) is 8.21. The van der Waals surface area contributed by atoms with Crippen molar-refractivity contribution in [2.24, 2.45) is 5.73 Å². The lowest BCUT2D eigenvalue weighted by molar-refractivity contribution is -0.135. The Labute approximate surface area is 149 Å². The Balaban J connectivity index is 0.00000176. The van der Waals surface area contributed by atoms with Gasteiger partial charge in [-0.1, -0.05) is 12.1 Å². The molecule has 1 saturated heterocycles. The highest BCUT2D eigenvalue weighted by Crippen LogP contribution is 2.34. The van der Waals surface area contributed by atoms with Crippen LogP contribution >= 0.6 is 35.0 Å². The highest BCUT2D eigenvalue weighted by atomic mass is 127. The first kappa shape index (κ1) is 17.5. The summed E-state index contributed by atoms with van der Waals surface area (Å²) in [4.78, 5) is 28.3. The molecule has 2 amide bonds. The van der Waals surface area contributed by atoms with Gasteiger partial charge in [0, 0.05) is 29.7 Å². The summed E-state index contributed by atoms with van der Waals surface area (Å²) >= 11 is 2.18. The van der Waals surface area contributed by atoms with E-state index in [9.17, 15) is 9.59 Å². The van der Waals surface area contributed by atoms with E-state index >= 15 is 0 Å². The van der Waals surface area contributed by atoms with Crippen LogP contribution in [-0.2, 0) is 4.79 Å². The van der Waals surface area contributed by atoms with Gasteiger partial charge in [0.2, 0.25) is 5.91 Å². The fraction of sp³-hybridized carbons (Fsp3) is 0.467. The number of rotatable bonds is 2. The van der Waals surface area contributed by atoms with Crippen molar-refractivity contribution in [3.63, 3.8) is 0 Å². The average molecular weight is 436 g/mol. The van der Waals surface area contributed by atoms with Gasteiger partial charge in [-0.05, 0) is 47.6 Å². The number of hydrogen-bond donors (Lipinski definition) is 1. The summed E-state index contributed by atoms with van der Waals surface area (Å²) in [5.74, 6) is 0.0878. The van der Waals surface area contributed by atoms with Gasteiger partial charge in [-0.15, -0.1) is 12.4 Å². The molecule has 0 atom stereocenters. The second-order valence-corrected chi connectivity index (χ2v) is 6.88. The van der Waals surface area contributed by atoms with Crippen LogP contribution in [0, 0.1) is 3.57 Å². The fourth-order valence-corrected chi connectivity index (χ4v) is 3.20. The SMILES string of the molecule is Cl.NC1(C(=O)N2CCN(C(=O)c3ccccc3I)CC2)CC1. The van der Waals surface area contributed by atoms with E-state index < -0.39 is 5.54 Å². The molecule has 1 aromatic carbocycles. The van der Waals surface area contributed by atoms with Gasteiger partial charge in [-0.2, -0.15) is 0 Å². The number of halogens is 2. The zero-order valence-electron chi connectivity index (χ0n) is 12.1. The Morgan fingerprint density at radius 1 is 1.05 bits per heavy atom. The topological polar surface area (TPSA) is 66.6 Å². The molecule has 120 valence electrons. The van der Waals surface area contributed by atoms with Crippen molar-refractivity contribution in [1.29, 1.82) is 0 Å². The zero-order valence-corrected chi connectivity index (χ0v) is 15.1. The lowest BCUT2D eigenvalue weighted by Gasteiger charge is -2.36. The number of benzene rings is 1. The van der Waals surface area contributed by atoms with E-state index in [2.05, 4.69) is 22.6 Å². The second kappa shape index (κ2) is 6.72. The van der Waals surface area contributed by atoms with Crippen LogP contribution in [0.3, 0.4) is 0 Å². The summed E-state index contributed by atoms with van der Waals surface area (Å²) < 4.78 is 0.956. The van der Waals surface area contributed by atoms with Crippen LogP contribution in [0.5, 0.6) is 0 Å². The van der Waals surface area contributed by atoms with Crippen LogP contribution in [-0.4, -0.2) is 53.3 Å². The van der Waals surface area contributed by atoms with Gasteiger partial charge in [0.1, 0.15) is 0 Å². The first-order chi connectivity index (χ1) is 10.0. The van der Waals surface area contributed by atoms with Crippen LogP contribution < -0.4 is 5.73 Å². The molecular formula is C15H19ClIN3O2. The number of hydrogen-bond acceptors (Lipinski definition) is 3. The summed E-state index contributed by atoms with van der Waals surface area (Å²) in [7, 11) is 0. The fourth-order valence-electron chi connectivity index (χ4n) is 2.58. The van der Waals surface area contributed by atoms with Crippen molar-refractivity contribution in [3.05, 3.63) is 33.4 Å². The number of piperazine rings is 1. The summed E-state index contributed by atoms with van der Waals surface area (Å²) in [5, 5.41) is 0. The third-order valence-electron chi connectivity index (χ3n) is 4.17. The summed E-state index contributed by atoms with van der Waals surface area (Å²) in [6, 6.07) is 7.57. The van der Waals surface area contributed by atoms with Crippen LogP contribution in [0.15, 0.2) is 24.3 Å². The molecule has 0 radical (unpaired) electrons. The maximum absolute atomic E-state index is 12.5. The summed E-state index contributed by atoms with van der Waals surface area (Å²) in [6.07, 6.45) is 1.57. The van der Waals surface area contributed by atoms with Gasteiger partial charge in [-0.25, -0.2) is 0 Å². The number of nitrogens with two attached hydrogens (primary N) is 1. The molecule has 2 fully saturated rings. The van der Waals surface area contributed by atoms with Crippen molar-refractivity contribution in [2.75, 3.05) is 26.2 Å². The van der Waals surface area contributed by atoms with Gasteiger partial charge in [0.05, 0.1) is 11.1 Å². The normalized spacial score (nSPS) is 19.4. The minimum atomic E-state index is -0.610. The van der Waals surface area contributed by atoms with Crippen LogP contribution in [0.4, 0.5) is 0 Å². The van der Waals surface area contributed by atoms with Crippen LogP contribution in [0.2, 0.25) is 0 Å². The minimum absolute atomic E-state index is 0.